The Labute approximate surface area is 193 Å². The molecule has 4 rings (SSSR count). The number of hydrogen-bond donors (Lipinski definition) is 1. The number of fused-ring (bicyclic) bond motifs is 1. The van der Waals surface area contributed by atoms with Crippen LogP contribution in [-0.2, 0) is 0 Å². The summed E-state index contributed by atoms with van der Waals surface area (Å²) in [6.45, 7) is 4.77. The van der Waals surface area contributed by atoms with Gasteiger partial charge in [0.2, 0.25) is 0 Å². The molecule has 0 bridgehead atoms. The van der Waals surface area contributed by atoms with Gasteiger partial charge in [-0.05, 0) is 61.7 Å². The maximum atomic E-state index is 5.88. The quantitative estimate of drug-likeness (QED) is 0.447. The van der Waals surface area contributed by atoms with Crippen molar-refractivity contribution in [2.45, 2.75) is 12.8 Å². The van der Waals surface area contributed by atoms with E-state index in [2.05, 4.69) is 34.5 Å². The highest BCUT2D eigenvalue weighted by atomic mass is 35.5. The van der Waals surface area contributed by atoms with Crippen molar-refractivity contribution in [3.05, 3.63) is 53.6 Å². The third-order valence-electron chi connectivity index (χ3n) is 4.96. The van der Waals surface area contributed by atoms with E-state index in [-0.39, 0.29) is 24.8 Å². The van der Waals surface area contributed by atoms with E-state index >= 15 is 0 Å². The summed E-state index contributed by atoms with van der Waals surface area (Å²) in [4.78, 5) is 7.22. The average molecular weight is 475 g/mol. The number of para-hydroxylation sites is 1. The molecule has 8 heteroatoms. The Kier molecular flexibility index (Phi) is 9.80. The Hall–Kier alpha value is -1.24. The first-order valence-electron chi connectivity index (χ1n) is 9.47. The lowest BCUT2D eigenvalue weighted by molar-refractivity contribution is 0.302. The van der Waals surface area contributed by atoms with Crippen LogP contribution in [0.15, 0.2) is 48.5 Å². The monoisotopic (exact) mass is 473 g/mol. The molecule has 4 nitrogen and oxygen atoms in total. The molecule has 2 heterocycles. The average Bonchev–Trinajstić information content (AvgIpc) is 3.14. The zero-order valence-electron chi connectivity index (χ0n) is 16.1. The van der Waals surface area contributed by atoms with Crippen molar-refractivity contribution >= 4 is 63.1 Å². The van der Waals surface area contributed by atoms with Crippen LogP contribution >= 0.6 is 47.8 Å². The van der Waals surface area contributed by atoms with Gasteiger partial charge in [-0.2, -0.15) is 0 Å². The molecule has 2 aromatic carbocycles. The van der Waals surface area contributed by atoms with E-state index in [0.29, 0.717) is 6.61 Å². The minimum absolute atomic E-state index is 0. The topological polar surface area (TPSA) is 37.4 Å². The third kappa shape index (κ3) is 6.63. The number of halogens is 3. The summed E-state index contributed by atoms with van der Waals surface area (Å²) < 4.78 is 6.99. The van der Waals surface area contributed by atoms with E-state index in [1.54, 1.807) is 11.3 Å². The van der Waals surface area contributed by atoms with Crippen molar-refractivity contribution in [3.8, 4) is 5.75 Å². The molecule has 0 spiro atoms. The molecular formula is C21H26Cl3N3OS. The summed E-state index contributed by atoms with van der Waals surface area (Å²) in [5.74, 6) is 1.59. The number of benzene rings is 2. The number of nitrogens with zero attached hydrogens (tertiary/aromatic N) is 2. The molecule has 1 N–H and O–H groups in total. The lowest BCUT2D eigenvalue weighted by atomic mass is 9.97. The number of hydrogen-bond acceptors (Lipinski definition) is 5. The first kappa shape index (κ1) is 24.0. The predicted octanol–water partition coefficient (Wildman–Crippen LogP) is 5.68. The van der Waals surface area contributed by atoms with Crippen LogP contribution in [0.25, 0.3) is 10.2 Å². The molecule has 0 aliphatic carbocycles. The molecule has 0 saturated carbocycles. The lowest BCUT2D eigenvalue weighted by Gasteiger charge is -2.31. The molecule has 0 atom stereocenters. The van der Waals surface area contributed by atoms with Crippen molar-refractivity contribution in [2.75, 3.05) is 37.7 Å². The Morgan fingerprint density at radius 3 is 2.52 bits per heavy atom. The van der Waals surface area contributed by atoms with Crippen LogP contribution in [-0.4, -0.2) is 37.8 Å². The number of ether oxygens (including phenoxy) is 1. The number of rotatable bonds is 7. The number of thiazole rings is 1. The van der Waals surface area contributed by atoms with Gasteiger partial charge in [0, 0.05) is 24.7 Å². The van der Waals surface area contributed by atoms with Crippen LogP contribution in [0.4, 0.5) is 5.13 Å². The van der Waals surface area contributed by atoms with Crippen molar-refractivity contribution in [1.82, 2.24) is 10.3 Å². The molecule has 0 radical (unpaired) electrons. The molecule has 1 fully saturated rings. The van der Waals surface area contributed by atoms with Crippen LogP contribution in [0, 0.1) is 5.92 Å². The molecule has 1 aromatic heterocycles. The highest BCUT2D eigenvalue weighted by Crippen LogP contribution is 2.31. The van der Waals surface area contributed by atoms with E-state index in [1.807, 2.05) is 24.3 Å². The van der Waals surface area contributed by atoms with Gasteiger partial charge in [-0.25, -0.2) is 4.98 Å². The van der Waals surface area contributed by atoms with Gasteiger partial charge in [0.25, 0.3) is 0 Å². The number of aromatic nitrogens is 1. The number of anilines is 1. The largest absolute Gasteiger partial charge is 0.492 e. The molecular weight excluding hydrogens is 449 g/mol. The summed E-state index contributed by atoms with van der Waals surface area (Å²) in [7, 11) is 0. The fraction of sp³-hybridized carbons (Fsp3) is 0.381. The van der Waals surface area contributed by atoms with Crippen LogP contribution in [0.2, 0.25) is 5.02 Å². The zero-order chi connectivity index (χ0) is 18.5. The summed E-state index contributed by atoms with van der Waals surface area (Å²) in [5.41, 5.74) is 1.11. The summed E-state index contributed by atoms with van der Waals surface area (Å²) in [6, 6.07) is 15.9. The molecule has 0 amide bonds. The third-order valence-corrected chi connectivity index (χ3v) is 6.31. The van der Waals surface area contributed by atoms with Gasteiger partial charge in [0.05, 0.1) is 10.2 Å². The van der Waals surface area contributed by atoms with E-state index in [0.717, 1.165) is 48.4 Å². The Balaban J connectivity index is 0.00000150. The SMILES string of the molecule is Cl.Cl.Clc1ccc(OCCNCC2CCN(c3nc4ccccc4s3)CC2)cc1. The smallest absolute Gasteiger partial charge is 0.186 e. The second-order valence-electron chi connectivity index (χ2n) is 6.90. The van der Waals surface area contributed by atoms with Crippen LogP contribution in [0.5, 0.6) is 5.75 Å². The summed E-state index contributed by atoms with van der Waals surface area (Å²) >= 11 is 7.68. The zero-order valence-corrected chi connectivity index (χ0v) is 19.3. The number of piperidine rings is 1. The van der Waals surface area contributed by atoms with Gasteiger partial charge in [-0.1, -0.05) is 35.1 Å². The van der Waals surface area contributed by atoms with E-state index in [1.165, 1.54) is 22.7 Å². The van der Waals surface area contributed by atoms with Crippen molar-refractivity contribution in [3.63, 3.8) is 0 Å². The van der Waals surface area contributed by atoms with Crippen LogP contribution < -0.4 is 15.0 Å². The maximum Gasteiger partial charge on any atom is 0.186 e. The van der Waals surface area contributed by atoms with Gasteiger partial charge in [0.15, 0.2) is 5.13 Å². The second kappa shape index (κ2) is 11.8. The van der Waals surface area contributed by atoms with Crippen LogP contribution in [0.3, 0.4) is 0 Å². The fourth-order valence-corrected chi connectivity index (χ4v) is 4.54. The van der Waals surface area contributed by atoms with Crippen molar-refractivity contribution in [1.29, 1.82) is 0 Å². The Morgan fingerprint density at radius 1 is 1.07 bits per heavy atom. The normalized spacial score (nSPS) is 14.3. The van der Waals surface area contributed by atoms with Crippen molar-refractivity contribution < 1.29 is 4.74 Å². The molecule has 0 unspecified atom stereocenters. The van der Waals surface area contributed by atoms with Gasteiger partial charge >= 0.3 is 0 Å². The fourth-order valence-electron chi connectivity index (χ4n) is 3.40. The number of nitrogens with one attached hydrogen (secondary N) is 1. The Morgan fingerprint density at radius 2 is 1.79 bits per heavy atom. The first-order chi connectivity index (χ1) is 13.3. The molecule has 1 aliphatic rings. The van der Waals surface area contributed by atoms with Crippen molar-refractivity contribution in [2.24, 2.45) is 5.92 Å². The predicted molar refractivity (Wildman–Crippen MR) is 129 cm³/mol. The highest BCUT2D eigenvalue weighted by molar-refractivity contribution is 7.22. The van der Waals surface area contributed by atoms with Gasteiger partial charge in [-0.3, -0.25) is 0 Å². The minimum Gasteiger partial charge on any atom is -0.492 e. The molecule has 1 aliphatic heterocycles. The van der Waals surface area contributed by atoms with Gasteiger partial charge in [0.1, 0.15) is 12.4 Å². The maximum absolute atomic E-state index is 5.88. The standard InChI is InChI=1S/C21H24ClN3OS.2ClH/c22-17-5-7-18(8-6-17)26-14-11-23-15-16-9-12-25(13-10-16)21-24-19-3-1-2-4-20(19)27-21;;/h1-8,16,23H,9-15H2;2*1H. The highest BCUT2D eigenvalue weighted by Gasteiger charge is 2.21. The van der Waals surface area contributed by atoms with E-state index < -0.39 is 0 Å². The second-order valence-corrected chi connectivity index (χ2v) is 8.35. The minimum atomic E-state index is 0. The summed E-state index contributed by atoms with van der Waals surface area (Å²) in [5, 5.41) is 5.43. The van der Waals surface area contributed by atoms with Gasteiger partial charge in [-0.15, -0.1) is 24.8 Å². The van der Waals surface area contributed by atoms with E-state index in [4.69, 9.17) is 21.3 Å². The van der Waals surface area contributed by atoms with E-state index in [9.17, 15) is 0 Å². The van der Waals surface area contributed by atoms with Crippen LogP contribution in [0.1, 0.15) is 12.8 Å². The molecule has 3 aromatic rings. The van der Waals surface area contributed by atoms with Gasteiger partial charge < -0.3 is 15.0 Å². The molecule has 1 saturated heterocycles. The molecule has 158 valence electrons. The Bertz CT molecular complexity index is 834. The summed E-state index contributed by atoms with van der Waals surface area (Å²) in [6.07, 6.45) is 2.42. The molecule has 29 heavy (non-hydrogen) atoms. The first-order valence-corrected chi connectivity index (χ1v) is 10.7. The lowest BCUT2D eigenvalue weighted by Crippen LogP contribution is -2.38.